The van der Waals surface area contributed by atoms with E-state index in [4.69, 9.17) is 15.3 Å². The fourth-order valence-corrected chi connectivity index (χ4v) is 4.42. The molecule has 0 saturated heterocycles. The normalized spacial score (nSPS) is 17.5. The Balaban J connectivity index is 1.59. The molecule has 2 aliphatic heterocycles. The quantitative estimate of drug-likeness (QED) is 0.521. The lowest BCUT2D eigenvalue weighted by molar-refractivity contribution is 0.0216. The molecule has 1 aromatic heterocycles. The number of fused-ring (bicyclic) bond motifs is 1. The maximum absolute atomic E-state index is 13.5. The van der Waals surface area contributed by atoms with E-state index in [1.54, 1.807) is 20.8 Å². The van der Waals surface area contributed by atoms with Crippen LogP contribution in [-0.4, -0.2) is 46.7 Å². The number of anilines is 2. The number of nitrogens with zero attached hydrogens (tertiary/aromatic N) is 2. The molecule has 1 aliphatic carbocycles. The second kappa shape index (κ2) is 9.29. The van der Waals surface area contributed by atoms with Gasteiger partial charge in [-0.2, -0.15) is 0 Å². The van der Waals surface area contributed by atoms with Gasteiger partial charge in [-0.05, 0) is 63.9 Å². The van der Waals surface area contributed by atoms with Gasteiger partial charge in [0.25, 0.3) is 0 Å². The first kappa shape index (κ1) is 23.8. The number of para-hydroxylation sites is 1. The van der Waals surface area contributed by atoms with Gasteiger partial charge in [-0.25, -0.2) is 4.79 Å². The maximum atomic E-state index is 13.5. The minimum atomic E-state index is -0.672. The smallest absolute Gasteiger partial charge is 0.411 e. The van der Waals surface area contributed by atoms with Crippen molar-refractivity contribution >= 4 is 28.8 Å². The molecule has 0 unspecified atom stereocenters. The van der Waals surface area contributed by atoms with E-state index < -0.39 is 11.7 Å². The number of carbonyl (C=O) groups is 2. The van der Waals surface area contributed by atoms with Crippen molar-refractivity contribution < 1.29 is 19.1 Å². The second-order valence-corrected chi connectivity index (χ2v) is 10.5. The predicted octanol–water partition coefficient (Wildman–Crippen LogP) is 4.13. The number of ketones is 1. The average Bonchev–Trinajstić information content (AvgIpc) is 3.62. The molecule has 2 aromatic rings. The fraction of sp³-hybridized carbons (Fsp3) is 0.407. The summed E-state index contributed by atoms with van der Waals surface area (Å²) >= 11 is 0. The van der Waals surface area contributed by atoms with Crippen LogP contribution in [0.3, 0.4) is 0 Å². The molecule has 1 aromatic carbocycles. The van der Waals surface area contributed by atoms with Gasteiger partial charge < -0.3 is 25.9 Å². The van der Waals surface area contributed by atoms with Crippen LogP contribution in [0.2, 0.25) is 0 Å². The van der Waals surface area contributed by atoms with Gasteiger partial charge in [0.2, 0.25) is 0 Å². The van der Waals surface area contributed by atoms with Gasteiger partial charge in [-0.1, -0.05) is 18.2 Å². The molecule has 5 rings (SSSR count). The zero-order valence-corrected chi connectivity index (χ0v) is 21.0. The Bertz CT molecular complexity index is 1240. The molecular formula is C27H33N5O4. The van der Waals surface area contributed by atoms with E-state index in [0.29, 0.717) is 41.7 Å². The van der Waals surface area contributed by atoms with Crippen LogP contribution in [0.15, 0.2) is 48.4 Å². The molecule has 4 N–H and O–H groups in total. The third kappa shape index (κ3) is 4.91. The summed E-state index contributed by atoms with van der Waals surface area (Å²) in [4.78, 5) is 27.7. The molecule has 0 atom stereocenters. The minimum absolute atomic E-state index is 0.0870. The van der Waals surface area contributed by atoms with Crippen molar-refractivity contribution in [3.63, 3.8) is 0 Å². The summed E-state index contributed by atoms with van der Waals surface area (Å²) in [6.07, 6.45) is 5.59. The molecule has 1 saturated carbocycles. The number of dihydropyridines is 1. The molecule has 1 amide bonds. The first-order chi connectivity index (χ1) is 17.2. The van der Waals surface area contributed by atoms with Gasteiger partial charge in [-0.15, -0.1) is 0 Å². The summed E-state index contributed by atoms with van der Waals surface area (Å²) in [6, 6.07) is 9.64. The Hall–Kier alpha value is -3.88. The number of ether oxygens (including phenoxy) is 2. The van der Waals surface area contributed by atoms with Gasteiger partial charge in [0.15, 0.2) is 5.78 Å². The van der Waals surface area contributed by atoms with Gasteiger partial charge in [0, 0.05) is 11.3 Å². The molecule has 3 heterocycles. The van der Waals surface area contributed by atoms with Crippen LogP contribution in [-0.2, 0) is 16.0 Å². The average molecular weight is 492 g/mol. The van der Waals surface area contributed by atoms with E-state index in [-0.39, 0.29) is 18.9 Å². The van der Waals surface area contributed by atoms with Crippen molar-refractivity contribution in [3.8, 4) is 0 Å². The van der Waals surface area contributed by atoms with E-state index in [1.807, 2.05) is 42.6 Å². The Morgan fingerprint density at radius 2 is 1.94 bits per heavy atom. The first-order valence-corrected chi connectivity index (χ1v) is 12.3. The predicted molar refractivity (Wildman–Crippen MR) is 138 cm³/mol. The zero-order chi connectivity index (χ0) is 25.4. The molecule has 36 heavy (non-hydrogen) atoms. The molecule has 190 valence electrons. The lowest BCUT2D eigenvalue weighted by Crippen LogP contribution is -2.43. The number of Topliss-reactive ketones (excluding diaryl/α,β-unsaturated/α-hetero) is 1. The number of hydrogen-bond acceptors (Lipinski definition) is 7. The zero-order valence-electron chi connectivity index (χ0n) is 21.0. The third-order valence-corrected chi connectivity index (χ3v) is 6.33. The number of nitrogen functional groups attached to an aromatic ring is 1. The number of benzene rings is 1. The highest BCUT2D eigenvalue weighted by Crippen LogP contribution is 2.40. The van der Waals surface area contributed by atoms with E-state index in [0.717, 1.165) is 17.0 Å². The Labute approximate surface area is 210 Å². The summed E-state index contributed by atoms with van der Waals surface area (Å²) in [5.74, 6) is 7.86. The Morgan fingerprint density at radius 1 is 1.19 bits per heavy atom. The van der Waals surface area contributed by atoms with Crippen LogP contribution in [0, 0.1) is 5.92 Å². The van der Waals surface area contributed by atoms with E-state index in [9.17, 15) is 9.59 Å². The number of nitrogens with one attached hydrogen (secondary N) is 2. The van der Waals surface area contributed by atoms with Crippen molar-refractivity contribution in [1.29, 1.82) is 0 Å². The summed E-state index contributed by atoms with van der Waals surface area (Å²) < 4.78 is 13.2. The Kier molecular flexibility index (Phi) is 6.15. The van der Waals surface area contributed by atoms with Crippen molar-refractivity contribution in [2.75, 3.05) is 30.9 Å². The van der Waals surface area contributed by atoms with Crippen LogP contribution in [0.1, 0.15) is 55.4 Å². The topological polar surface area (TPSA) is 111 Å². The van der Waals surface area contributed by atoms with E-state index in [2.05, 4.69) is 10.6 Å². The van der Waals surface area contributed by atoms with Crippen LogP contribution in [0.25, 0.3) is 5.57 Å². The molecule has 0 spiro atoms. The molecule has 9 nitrogen and oxygen atoms in total. The lowest BCUT2D eigenvalue weighted by atomic mass is 10.0. The van der Waals surface area contributed by atoms with Crippen molar-refractivity contribution in [2.45, 2.75) is 45.8 Å². The summed E-state index contributed by atoms with van der Waals surface area (Å²) in [7, 11) is 0. The number of amides is 1. The standard InChI is InChI=1S/C27H33N5O4/c1-27(2,3)36-26(34)31-14-20-23(21(33)15-31)24(30-18-7-5-4-6-8-18)25(32(20)28)19-11-12-29-13-22(19)35-16-17-9-10-17/h4-8,11-12,17,29-30H,9-10,13-16,28H2,1-3H3. The van der Waals surface area contributed by atoms with Crippen molar-refractivity contribution in [1.82, 2.24) is 14.9 Å². The molecule has 1 fully saturated rings. The van der Waals surface area contributed by atoms with Gasteiger partial charge in [0.1, 0.15) is 11.4 Å². The highest BCUT2D eigenvalue weighted by molar-refractivity contribution is 6.09. The monoisotopic (exact) mass is 491 g/mol. The van der Waals surface area contributed by atoms with Crippen LogP contribution in [0.5, 0.6) is 0 Å². The molecule has 0 bridgehead atoms. The number of nitrogens with two attached hydrogens (primary N) is 1. The fourth-order valence-electron chi connectivity index (χ4n) is 4.42. The highest BCUT2D eigenvalue weighted by atomic mass is 16.6. The van der Waals surface area contributed by atoms with Crippen LogP contribution in [0.4, 0.5) is 16.2 Å². The Morgan fingerprint density at radius 3 is 2.64 bits per heavy atom. The SMILES string of the molecule is CC(C)(C)OC(=O)N1CC(=O)c2c(Nc3ccccc3)c(C3=C(OCC4CC4)CNC=C3)n(N)c2C1. The summed E-state index contributed by atoms with van der Waals surface area (Å²) in [5.41, 5.74) is 3.25. The maximum Gasteiger partial charge on any atom is 0.411 e. The molecule has 0 radical (unpaired) electrons. The number of hydrogen-bond donors (Lipinski definition) is 3. The van der Waals surface area contributed by atoms with E-state index in [1.165, 1.54) is 22.4 Å². The number of carbonyl (C=O) groups excluding carboxylic acids is 2. The second-order valence-electron chi connectivity index (χ2n) is 10.5. The summed E-state index contributed by atoms with van der Waals surface area (Å²) in [6.45, 7) is 6.65. The highest BCUT2D eigenvalue weighted by Gasteiger charge is 2.37. The van der Waals surface area contributed by atoms with Crippen molar-refractivity contribution in [3.05, 3.63) is 65.3 Å². The lowest BCUT2D eigenvalue weighted by Gasteiger charge is -2.30. The molecular weight excluding hydrogens is 458 g/mol. The third-order valence-electron chi connectivity index (χ3n) is 6.33. The summed E-state index contributed by atoms with van der Waals surface area (Å²) in [5, 5.41) is 6.64. The number of rotatable bonds is 6. The first-order valence-electron chi connectivity index (χ1n) is 12.3. The van der Waals surface area contributed by atoms with Crippen LogP contribution >= 0.6 is 0 Å². The minimum Gasteiger partial charge on any atom is -0.495 e. The van der Waals surface area contributed by atoms with Gasteiger partial charge in [-0.3, -0.25) is 14.4 Å². The van der Waals surface area contributed by atoms with Gasteiger partial charge in [0.05, 0.1) is 48.9 Å². The molecule has 9 heteroatoms. The van der Waals surface area contributed by atoms with Crippen LogP contribution < -0.4 is 16.5 Å². The number of aromatic nitrogens is 1. The largest absolute Gasteiger partial charge is 0.495 e. The van der Waals surface area contributed by atoms with Crippen molar-refractivity contribution in [2.24, 2.45) is 5.92 Å². The number of allylic oxidation sites excluding steroid dienone is 2. The molecule has 3 aliphatic rings. The van der Waals surface area contributed by atoms with Gasteiger partial charge >= 0.3 is 6.09 Å². The van der Waals surface area contributed by atoms with E-state index >= 15 is 0 Å².